The maximum Gasteiger partial charge on any atom is 0.246 e. The van der Waals surface area contributed by atoms with Gasteiger partial charge in [-0.1, -0.05) is 26.0 Å². The number of fused-ring (bicyclic) bond motifs is 1. The summed E-state index contributed by atoms with van der Waals surface area (Å²) in [5.41, 5.74) is 3.97. The molecule has 9 heteroatoms. The Bertz CT molecular complexity index is 1180. The average molecular weight is 536 g/mol. The van der Waals surface area contributed by atoms with Gasteiger partial charge in [0.2, 0.25) is 11.8 Å². The number of hydrogen-bond acceptors (Lipinski definition) is 7. The standard InChI is InChI=1S/C30H41N5O4/c1-22(2)29-24(7-5-8-26(29)38-4)19-33(3)28(37)10-9-23-17-25-20-35(21-27(36)32-30(25)31-18-23)12-6-11-34-13-15-39-16-14-34/h5,7-10,17-18,22H,6,11-16,19-21H2,1-4H3,(H,31,32,36)/b10-9+. The van der Waals surface area contributed by atoms with Crippen molar-refractivity contribution in [1.29, 1.82) is 0 Å². The number of carbonyl (C=O) groups excluding carboxylic acids is 2. The van der Waals surface area contributed by atoms with E-state index in [2.05, 4.69) is 33.9 Å². The Morgan fingerprint density at radius 1 is 1.21 bits per heavy atom. The molecule has 0 atom stereocenters. The summed E-state index contributed by atoms with van der Waals surface area (Å²) < 4.78 is 11.0. The molecule has 0 saturated carbocycles. The van der Waals surface area contributed by atoms with Crippen molar-refractivity contribution in [3.05, 3.63) is 58.8 Å². The number of anilines is 1. The van der Waals surface area contributed by atoms with Crippen molar-refractivity contribution in [3.63, 3.8) is 0 Å². The summed E-state index contributed by atoms with van der Waals surface area (Å²) in [6.07, 6.45) is 6.04. The summed E-state index contributed by atoms with van der Waals surface area (Å²) in [6.45, 7) is 11.1. The average Bonchev–Trinajstić information content (AvgIpc) is 3.08. The number of hydrogen-bond donors (Lipinski definition) is 1. The number of ether oxygens (including phenoxy) is 2. The number of nitrogens with one attached hydrogen (secondary N) is 1. The zero-order valence-corrected chi connectivity index (χ0v) is 23.6. The van der Waals surface area contributed by atoms with Crippen LogP contribution in [0.25, 0.3) is 6.08 Å². The summed E-state index contributed by atoms with van der Waals surface area (Å²) in [6, 6.07) is 7.97. The molecule has 0 radical (unpaired) electrons. The highest BCUT2D eigenvalue weighted by atomic mass is 16.5. The molecule has 1 aromatic carbocycles. The molecule has 1 aromatic heterocycles. The fraction of sp³-hybridized carbons (Fsp3) is 0.500. The molecule has 0 aliphatic carbocycles. The maximum atomic E-state index is 13.0. The largest absolute Gasteiger partial charge is 0.496 e. The molecule has 1 fully saturated rings. The van der Waals surface area contributed by atoms with E-state index in [1.807, 2.05) is 24.3 Å². The van der Waals surface area contributed by atoms with Gasteiger partial charge in [-0.05, 0) is 48.2 Å². The molecule has 0 spiro atoms. The van der Waals surface area contributed by atoms with E-state index in [4.69, 9.17) is 9.47 Å². The molecule has 1 saturated heterocycles. The predicted molar refractivity (Wildman–Crippen MR) is 153 cm³/mol. The van der Waals surface area contributed by atoms with Crippen molar-refractivity contribution >= 4 is 23.7 Å². The van der Waals surface area contributed by atoms with Crippen LogP contribution in [-0.4, -0.2) is 91.6 Å². The number of pyridine rings is 1. The SMILES string of the molecule is COc1cccc(CN(C)C(=O)/C=C/c2cnc3c(c2)CN(CCCN2CCOCC2)CC(=O)N3)c1C(C)C. The second kappa shape index (κ2) is 13.7. The number of benzene rings is 1. The normalized spacial score (nSPS) is 16.7. The van der Waals surface area contributed by atoms with Gasteiger partial charge >= 0.3 is 0 Å². The smallest absolute Gasteiger partial charge is 0.246 e. The van der Waals surface area contributed by atoms with Gasteiger partial charge in [-0.25, -0.2) is 4.98 Å². The van der Waals surface area contributed by atoms with Crippen LogP contribution in [0.2, 0.25) is 0 Å². The van der Waals surface area contributed by atoms with Gasteiger partial charge in [0.1, 0.15) is 11.6 Å². The van der Waals surface area contributed by atoms with E-state index in [9.17, 15) is 9.59 Å². The molecule has 2 aliphatic heterocycles. The van der Waals surface area contributed by atoms with E-state index < -0.39 is 0 Å². The predicted octanol–water partition coefficient (Wildman–Crippen LogP) is 3.36. The molecule has 2 aromatic rings. The summed E-state index contributed by atoms with van der Waals surface area (Å²) in [7, 11) is 3.48. The van der Waals surface area contributed by atoms with Crippen LogP contribution >= 0.6 is 0 Å². The summed E-state index contributed by atoms with van der Waals surface area (Å²) >= 11 is 0. The van der Waals surface area contributed by atoms with Gasteiger partial charge in [-0.3, -0.25) is 19.4 Å². The van der Waals surface area contributed by atoms with E-state index in [1.165, 1.54) is 0 Å². The van der Waals surface area contributed by atoms with Gasteiger partial charge < -0.3 is 19.7 Å². The molecular formula is C30H41N5O4. The second-order valence-corrected chi connectivity index (χ2v) is 10.6. The van der Waals surface area contributed by atoms with Gasteiger partial charge in [0.05, 0.1) is 26.9 Å². The Hall–Kier alpha value is -3.27. The van der Waals surface area contributed by atoms with Crippen LogP contribution in [0.15, 0.2) is 36.5 Å². The third kappa shape index (κ3) is 7.88. The topological polar surface area (TPSA) is 87.2 Å². The Morgan fingerprint density at radius 3 is 2.72 bits per heavy atom. The lowest BCUT2D eigenvalue weighted by Crippen LogP contribution is -2.38. The van der Waals surface area contributed by atoms with E-state index in [0.29, 0.717) is 25.5 Å². The summed E-state index contributed by atoms with van der Waals surface area (Å²) in [4.78, 5) is 36.2. The Balaban J connectivity index is 1.38. The maximum absolute atomic E-state index is 13.0. The highest BCUT2D eigenvalue weighted by Gasteiger charge is 2.21. The molecular weight excluding hydrogens is 494 g/mol. The van der Waals surface area contributed by atoms with Gasteiger partial charge in [-0.15, -0.1) is 0 Å². The van der Waals surface area contributed by atoms with Crippen molar-refractivity contribution in [2.75, 3.05) is 65.4 Å². The molecule has 39 heavy (non-hydrogen) atoms. The zero-order chi connectivity index (χ0) is 27.8. The van der Waals surface area contributed by atoms with Gasteiger partial charge in [0, 0.05) is 63.2 Å². The first kappa shape index (κ1) is 28.7. The highest BCUT2D eigenvalue weighted by molar-refractivity contribution is 5.93. The van der Waals surface area contributed by atoms with Crippen LogP contribution in [0.5, 0.6) is 5.75 Å². The van der Waals surface area contributed by atoms with Crippen molar-refractivity contribution < 1.29 is 19.1 Å². The minimum atomic E-state index is -0.0967. The first-order valence-electron chi connectivity index (χ1n) is 13.7. The molecule has 0 bridgehead atoms. The van der Waals surface area contributed by atoms with Gasteiger partial charge in [0.15, 0.2) is 0 Å². The van der Waals surface area contributed by atoms with Gasteiger partial charge in [-0.2, -0.15) is 0 Å². The molecule has 9 nitrogen and oxygen atoms in total. The number of methoxy groups -OCH3 is 1. The van der Waals surface area contributed by atoms with Crippen molar-refractivity contribution in [2.45, 2.75) is 39.3 Å². The molecule has 210 valence electrons. The number of morpholine rings is 1. The zero-order valence-electron chi connectivity index (χ0n) is 23.6. The first-order valence-corrected chi connectivity index (χ1v) is 13.7. The minimum absolute atomic E-state index is 0.0500. The number of carbonyl (C=O) groups is 2. The molecule has 4 rings (SSSR count). The van der Waals surface area contributed by atoms with E-state index in [-0.39, 0.29) is 17.7 Å². The van der Waals surface area contributed by atoms with Crippen molar-refractivity contribution in [3.8, 4) is 5.75 Å². The monoisotopic (exact) mass is 535 g/mol. The van der Waals surface area contributed by atoms with Crippen LogP contribution in [-0.2, 0) is 27.4 Å². The fourth-order valence-corrected chi connectivity index (χ4v) is 5.21. The first-order chi connectivity index (χ1) is 18.8. The van der Waals surface area contributed by atoms with E-state index in [1.54, 1.807) is 37.4 Å². The Kier molecular flexibility index (Phi) is 10.1. The van der Waals surface area contributed by atoms with Crippen LogP contribution < -0.4 is 10.1 Å². The fourth-order valence-electron chi connectivity index (χ4n) is 5.21. The number of aromatic nitrogens is 1. The van der Waals surface area contributed by atoms with Crippen molar-refractivity contribution in [1.82, 2.24) is 19.7 Å². The Labute approximate surface area is 231 Å². The quantitative estimate of drug-likeness (QED) is 0.467. The number of rotatable bonds is 10. The number of amides is 2. The molecule has 2 amide bonds. The van der Waals surface area contributed by atoms with Crippen LogP contribution in [0, 0.1) is 0 Å². The molecule has 3 heterocycles. The summed E-state index contributed by atoms with van der Waals surface area (Å²) in [5, 5.41) is 2.93. The summed E-state index contributed by atoms with van der Waals surface area (Å²) in [5.74, 6) is 1.57. The third-order valence-corrected chi connectivity index (χ3v) is 7.21. The third-order valence-electron chi connectivity index (χ3n) is 7.21. The van der Waals surface area contributed by atoms with Crippen LogP contribution in [0.3, 0.4) is 0 Å². The lowest BCUT2D eigenvalue weighted by Gasteiger charge is -2.27. The molecule has 1 N–H and O–H groups in total. The van der Waals surface area contributed by atoms with E-state index >= 15 is 0 Å². The second-order valence-electron chi connectivity index (χ2n) is 10.6. The lowest BCUT2D eigenvalue weighted by molar-refractivity contribution is -0.125. The minimum Gasteiger partial charge on any atom is -0.496 e. The lowest BCUT2D eigenvalue weighted by atomic mass is 9.95. The van der Waals surface area contributed by atoms with Crippen molar-refractivity contribution in [2.24, 2.45) is 0 Å². The number of likely N-dealkylation sites (N-methyl/N-ethyl adjacent to an activating group) is 1. The van der Waals surface area contributed by atoms with E-state index in [0.717, 1.165) is 73.8 Å². The highest BCUT2D eigenvalue weighted by Crippen LogP contribution is 2.30. The molecule has 0 unspecified atom stereocenters. The molecule has 2 aliphatic rings. The Morgan fingerprint density at radius 2 is 1.97 bits per heavy atom. The van der Waals surface area contributed by atoms with Gasteiger partial charge in [0.25, 0.3) is 0 Å². The van der Waals surface area contributed by atoms with Crippen LogP contribution in [0.4, 0.5) is 5.82 Å². The van der Waals surface area contributed by atoms with Crippen LogP contribution in [0.1, 0.15) is 48.4 Å². The number of nitrogens with zero attached hydrogens (tertiary/aromatic N) is 4.